The van der Waals surface area contributed by atoms with Crippen molar-refractivity contribution >= 4 is 28.9 Å². The van der Waals surface area contributed by atoms with Crippen molar-refractivity contribution in [3.63, 3.8) is 0 Å². The molecule has 2 aromatic rings. The van der Waals surface area contributed by atoms with Crippen LogP contribution < -0.4 is 4.74 Å². The third-order valence-corrected chi connectivity index (χ3v) is 2.98. The van der Waals surface area contributed by atoms with Crippen LogP contribution in [0.3, 0.4) is 0 Å². The minimum Gasteiger partial charge on any atom is -0.434 e. The fourth-order valence-corrected chi connectivity index (χ4v) is 1.67. The summed E-state index contributed by atoms with van der Waals surface area (Å²) in [5.41, 5.74) is 0.542. The van der Waals surface area contributed by atoms with E-state index in [9.17, 15) is 10.1 Å². The van der Waals surface area contributed by atoms with Crippen molar-refractivity contribution in [2.45, 2.75) is 6.92 Å². The molecule has 0 unspecified atom stereocenters. The van der Waals surface area contributed by atoms with E-state index >= 15 is 0 Å². The van der Waals surface area contributed by atoms with Gasteiger partial charge in [0.1, 0.15) is 10.9 Å². The lowest BCUT2D eigenvalue weighted by molar-refractivity contribution is -0.386. The van der Waals surface area contributed by atoms with E-state index in [1.807, 2.05) is 0 Å². The number of benzene rings is 1. The van der Waals surface area contributed by atoms with Gasteiger partial charge in [0.15, 0.2) is 0 Å². The Morgan fingerprint density at radius 2 is 2.00 bits per heavy atom. The molecule has 5 nitrogen and oxygen atoms in total. The number of nitrogens with zero attached hydrogens (tertiary/aromatic N) is 2. The molecule has 98 valence electrons. The maximum absolute atomic E-state index is 10.9. The van der Waals surface area contributed by atoms with Gasteiger partial charge in [0.2, 0.25) is 0 Å². The van der Waals surface area contributed by atoms with E-state index < -0.39 is 4.92 Å². The molecule has 0 aliphatic carbocycles. The molecule has 0 aliphatic rings. The SMILES string of the molecule is Cc1cc(Oc2nc(Cl)ccc2[N+](=O)[O-])ccc1Cl. The standard InChI is InChI=1S/C12H8Cl2N2O3/c1-7-6-8(2-3-9(7)13)19-12-10(16(17)18)4-5-11(14)15-12/h2-6H,1H3. The largest absolute Gasteiger partial charge is 0.434 e. The number of pyridine rings is 1. The average Bonchev–Trinajstić information content (AvgIpc) is 2.33. The summed E-state index contributed by atoms with van der Waals surface area (Å²) in [6, 6.07) is 7.48. The number of halogens is 2. The van der Waals surface area contributed by atoms with Crippen molar-refractivity contribution in [3.05, 3.63) is 56.2 Å². The Kier molecular flexibility index (Phi) is 3.87. The number of ether oxygens (including phenoxy) is 1. The summed E-state index contributed by atoms with van der Waals surface area (Å²) in [5, 5.41) is 11.6. The van der Waals surface area contributed by atoms with Crippen LogP contribution in [0.5, 0.6) is 11.6 Å². The zero-order chi connectivity index (χ0) is 14.0. The van der Waals surface area contributed by atoms with Gasteiger partial charge in [-0.3, -0.25) is 10.1 Å². The highest BCUT2D eigenvalue weighted by Gasteiger charge is 2.18. The molecule has 0 amide bonds. The second kappa shape index (κ2) is 5.42. The highest BCUT2D eigenvalue weighted by molar-refractivity contribution is 6.31. The summed E-state index contributed by atoms with van der Waals surface area (Å²) in [6.07, 6.45) is 0. The lowest BCUT2D eigenvalue weighted by Crippen LogP contribution is -1.96. The molecule has 0 fully saturated rings. The fraction of sp³-hybridized carbons (Fsp3) is 0.0833. The van der Waals surface area contributed by atoms with Gasteiger partial charge in [0.05, 0.1) is 4.92 Å². The lowest BCUT2D eigenvalue weighted by atomic mass is 10.2. The van der Waals surface area contributed by atoms with Crippen LogP contribution >= 0.6 is 23.2 Å². The van der Waals surface area contributed by atoms with Gasteiger partial charge in [-0.25, -0.2) is 0 Å². The summed E-state index contributed by atoms with van der Waals surface area (Å²) in [4.78, 5) is 14.1. The summed E-state index contributed by atoms with van der Waals surface area (Å²) in [6.45, 7) is 1.80. The van der Waals surface area contributed by atoms with Gasteiger partial charge in [-0.2, -0.15) is 4.98 Å². The van der Waals surface area contributed by atoms with Gasteiger partial charge >= 0.3 is 11.6 Å². The van der Waals surface area contributed by atoms with Gasteiger partial charge < -0.3 is 4.74 Å². The zero-order valence-corrected chi connectivity index (χ0v) is 11.3. The number of aryl methyl sites for hydroxylation is 1. The molecule has 1 aromatic heterocycles. The second-order valence-electron chi connectivity index (χ2n) is 3.73. The van der Waals surface area contributed by atoms with Crippen LogP contribution in [-0.4, -0.2) is 9.91 Å². The van der Waals surface area contributed by atoms with E-state index in [2.05, 4.69) is 4.98 Å². The van der Waals surface area contributed by atoms with Crippen molar-refractivity contribution in [2.24, 2.45) is 0 Å². The summed E-state index contributed by atoms with van der Waals surface area (Å²) in [7, 11) is 0. The van der Waals surface area contributed by atoms with E-state index in [0.717, 1.165) is 5.56 Å². The van der Waals surface area contributed by atoms with E-state index in [1.165, 1.54) is 12.1 Å². The van der Waals surface area contributed by atoms with Crippen LogP contribution in [-0.2, 0) is 0 Å². The minimum absolute atomic E-state index is 0.117. The van der Waals surface area contributed by atoms with Crippen molar-refractivity contribution < 1.29 is 9.66 Å². The van der Waals surface area contributed by atoms with Crippen molar-refractivity contribution in [1.82, 2.24) is 4.98 Å². The van der Waals surface area contributed by atoms with E-state index in [0.29, 0.717) is 10.8 Å². The predicted molar refractivity (Wildman–Crippen MR) is 72.2 cm³/mol. The van der Waals surface area contributed by atoms with E-state index in [1.54, 1.807) is 25.1 Å². The Bertz CT molecular complexity index is 647. The molecule has 0 radical (unpaired) electrons. The first kappa shape index (κ1) is 13.6. The van der Waals surface area contributed by atoms with Crippen LogP contribution in [0.25, 0.3) is 0 Å². The van der Waals surface area contributed by atoms with Crippen LogP contribution in [0.1, 0.15) is 5.56 Å². The molecule has 19 heavy (non-hydrogen) atoms. The van der Waals surface area contributed by atoms with E-state index in [4.69, 9.17) is 27.9 Å². The van der Waals surface area contributed by atoms with Gasteiger partial charge in [-0.05, 0) is 36.8 Å². The highest BCUT2D eigenvalue weighted by Crippen LogP contribution is 2.31. The number of aromatic nitrogens is 1. The molecule has 0 spiro atoms. The minimum atomic E-state index is -0.582. The number of rotatable bonds is 3. The summed E-state index contributed by atoms with van der Waals surface area (Å²) in [5.74, 6) is 0.249. The smallest absolute Gasteiger partial charge is 0.331 e. The molecule has 0 atom stereocenters. The zero-order valence-electron chi connectivity index (χ0n) is 9.76. The average molecular weight is 299 g/mol. The van der Waals surface area contributed by atoms with Crippen molar-refractivity contribution in [3.8, 4) is 11.6 Å². The van der Waals surface area contributed by atoms with Crippen LogP contribution in [0.15, 0.2) is 30.3 Å². The summed E-state index contributed by atoms with van der Waals surface area (Å²) < 4.78 is 5.39. The molecule has 1 heterocycles. The van der Waals surface area contributed by atoms with Crippen LogP contribution in [0.2, 0.25) is 10.2 Å². The van der Waals surface area contributed by atoms with Crippen molar-refractivity contribution in [2.75, 3.05) is 0 Å². The van der Waals surface area contributed by atoms with Crippen LogP contribution in [0, 0.1) is 17.0 Å². The lowest BCUT2D eigenvalue weighted by Gasteiger charge is -2.07. The Labute approximate surface area is 118 Å². The molecule has 1 aromatic carbocycles. The quantitative estimate of drug-likeness (QED) is 0.478. The topological polar surface area (TPSA) is 65.3 Å². The molecule has 2 rings (SSSR count). The maximum Gasteiger partial charge on any atom is 0.331 e. The molecular weight excluding hydrogens is 291 g/mol. The van der Waals surface area contributed by atoms with Gasteiger partial charge in [0, 0.05) is 11.1 Å². The molecule has 0 aliphatic heterocycles. The third-order valence-electron chi connectivity index (χ3n) is 2.35. The Hall–Kier alpha value is -1.85. The van der Waals surface area contributed by atoms with Crippen LogP contribution in [0.4, 0.5) is 5.69 Å². The number of hydrogen-bond donors (Lipinski definition) is 0. The molecule has 0 saturated heterocycles. The van der Waals surface area contributed by atoms with Gasteiger partial charge in [-0.1, -0.05) is 23.2 Å². The second-order valence-corrected chi connectivity index (χ2v) is 4.52. The van der Waals surface area contributed by atoms with Crippen molar-refractivity contribution in [1.29, 1.82) is 0 Å². The molecule has 0 saturated carbocycles. The Balaban J connectivity index is 2.39. The third kappa shape index (κ3) is 3.13. The Morgan fingerprint density at radius 1 is 1.26 bits per heavy atom. The highest BCUT2D eigenvalue weighted by atomic mass is 35.5. The molecular formula is C12H8Cl2N2O3. The maximum atomic E-state index is 10.9. The molecule has 0 bridgehead atoms. The first-order chi connectivity index (χ1) is 8.97. The normalized spacial score (nSPS) is 10.3. The fourth-order valence-electron chi connectivity index (χ4n) is 1.42. The first-order valence-corrected chi connectivity index (χ1v) is 5.98. The summed E-state index contributed by atoms with van der Waals surface area (Å²) >= 11 is 11.6. The van der Waals surface area contributed by atoms with E-state index in [-0.39, 0.29) is 16.7 Å². The predicted octanol–water partition coefficient (Wildman–Crippen LogP) is 4.40. The number of nitro groups is 1. The molecule has 7 heteroatoms. The monoisotopic (exact) mass is 298 g/mol. The van der Waals surface area contributed by atoms with Gasteiger partial charge in [-0.15, -0.1) is 0 Å². The Morgan fingerprint density at radius 3 is 2.63 bits per heavy atom. The first-order valence-electron chi connectivity index (χ1n) is 5.22. The van der Waals surface area contributed by atoms with Gasteiger partial charge in [0.25, 0.3) is 0 Å². The molecule has 0 N–H and O–H groups in total. The number of hydrogen-bond acceptors (Lipinski definition) is 4.